The molecular weight excluding hydrogens is 426 g/mol. The van der Waals surface area contributed by atoms with Crippen molar-refractivity contribution in [3.05, 3.63) is 34.8 Å². The Morgan fingerprint density at radius 2 is 2.06 bits per heavy atom. The Balaban J connectivity index is 1.70. The molecular formula is C24H33N3O4S. The van der Waals surface area contributed by atoms with Gasteiger partial charge in [0, 0.05) is 36.3 Å². The molecule has 2 heterocycles. The lowest BCUT2D eigenvalue weighted by Gasteiger charge is -2.29. The van der Waals surface area contributed by atoms with Crippen LogP contribution in [0.15, 0.2) is 23.6 Å². The quantitative estimate of drug-likeness (QED) is 0.626. The highest BCUT2D eigenvalue weighted by Gasteiger charge is 2.48. The number of carbonyl (C=O) groups excluding carboxylic acids is 1. The van der Waals surface area contributed by atoms with E-state index in [0.717, 1.165) is 47.3 Å². The number of hydrogen-bond acceptors (Lipinski definition) is 7. The minimum Gasteiger partial charge on any atom is -0.493 e. The molecule has 0 radical (unpaired) electrons. The Morgan fingerprint density at radius 3 is 2.75 bits per heavy atom. The van der Waals surface area contributed by atoms with Crippen LogP contribution >= 0.6 is 11.3 Å². The van der Waals surface area contributed by atoms with Crippen LogP contribution in [-0.4, -0.2) is 55.9 Å². The van der Waals surface area contributed by atoms with Crippen LogP contribution in [0.4, 0.5) is 9.93 Å². The summed E-state index contributed by atoms with van der Waals surface area (Å²) in [4.78, 5) is 19.1. The van der Waals surface area contributed by atoms with Crippen LogP contribution < -0.4 is 14.8 Å². The maximum absolute atomic E-state index is 12.4. The number of methoxy groups -OCH3 is 2. The second kappa shape index (κ2) is 9.57. The average molecular weight is 460 g/mol. The van der Waals surface area contributed by atoms with Crippen molar-refractivity contribution in [1.29, 1.82) is 0 Å². The Labute approximate surface area is 194 Å². The largest absolute Gasteiger partial charge is 0.493 e. The lowest BCUT2D eigenvalue weighted by Crippen LogP contribution is -2.34. The molecule has 1 aromatic heterocycles. The first-order valence-corrected chi connectivity index (χ1v) is 12.2. The number of carbonyl (C=O) groups is 1. The number of likely N-dealkylation sites (tertiary alicyclic amines) is 1. The van der Waals surface area contributed by atoms with Gasteiger partial charge < -0.3 is 24.4 Å². The van der Waals surface area contributed by atoms with Crippen molar-refractivity contribution in [3.63, 3.8) is 0 Å². The smallest absolute Gasteiger partial charge is 0.409 e. The number of hydrogen-bond donors (Lipinski definition) is 1. The molecule has 1 aliphatic heterocycles. The lowest BCUT2D eigenvalue weighted by atomic mass is 9.74. The van der Waals surface area contributed by atoms with E-state index in [9.17, 15) is 4.79 Å². The van der Waals surface area contributed by atoms with Crippen molar-refractivity contribution in [2.75, 3.05) is 39.2 Å². The summed E-state index contributed by atoms with van der Waals surface area (Å²) in [5, 5.41) is 6.30. The van der Waals surface area contributed by atoms with E-state index in [1.807, 2.05) is 6.07 Å². The van der Waals surface area contributed by atoms with E-state index in [1.165, 1.54) is 20.0 Å². The fraction of sp³-hybridized carbons (Fsp3) is 0.583. The van der Waals surface area contributed by atoms with Gasteiger partial charge in [0.2, 0.25) is 0 Å². The first-order valence-electron chi connectivity index (χ1n) is 11.4. The van der Waals surface area contributed by atoms with Gasteiger partial charge in [0.15, 0.2) is 16.6 Å². The normalized spacial score (nSPS) is 23.4. The molecule has 2 atom stereocenters. The molecule has 1 aliphatic carbocycles. The zero-order valence-corrected chi connectivity index (χ0v) is 20.2. The number of rotatable bonds is 7. The molecule has 1 amide bonds. The highest BCUT2D eigenvalue weighted by Crippen LogP contribution is 2.47. The van der Waals surface area contributed by atoms with Crippen molar-refractivity contribution < 1.29 is 19.0 Å². The molecule has 0 unspecified atom stereocenters. The average Bonchev–Trinajstić information content (AvgIpc) is 3.54. The predicted molar refractivity (Wildman–Crippen MR) is 126 cm³/mol. The monoisotopic (exact) mass is 459 g/mol. The third kappa shape index (κ3) is 4.37. The molecule has 7 nitrogen and oxygen atoms in total. The zero-order valence-electron chi connectivity index (χ0n) is 19.3. The van der Waals surface area contributed by atoms with Crippen molar-refractivity contribution >= 4 is 22.6 Å². The second-order valence-corrected chi connectivity index (χ2v) is 9.68. The van der Waals surface area contributed by atoms with Gasteiger partial charge in [-0.3, -0.25) is 0 Å². The molecule has 0 bridgehead atoms. The van der Waals surface area contributed by atoms with Crippen LogP contribution in [0.25, 0.3) is 0 Å². The van der Waals surface area contributed by atoms with Gasteiger partial charge in [0.25, 0.3) is 0 Å². The number of anilines is 1. The van der Waals surface area contributed by atoms with Crippen LogP contribution in [0, 0.1) is 0 Å². The van der Waals surface area contributed by atoms with E-state index < -0.39 is 0 Å². The molecule has 2 aromatic rings. The van der Waals surface area contributed by atoms with E-state index in [2.05, 4.69) is 36.7 Å². The molecule has 2 aliphatic rings. The Morgan fingerprint density at radius 1 is 1.28 bits per heavy atom. The third-order valence-electron chi connectivity index (χ3n) is 6.73. The fourth-order valence-electron chi connectivity index (χ4n) is 4.95. The van der Waals surface area contributed by atoms with Gasteiger partial charge in [0.1, 0.15) is 0 Å². The molecule has 8 heteroatoms. The predicted octanol–water partition coefficient (Wildman–Crippen LogP) is 5.03. The van der Waals surface area contributed by atoms with Gasteiger partial charge in [-0.25, -0.2) is 9.78 Å². The molecule has 1 saturated heterocycles. The lowest BCUT2D eigenvalue weighted by molar-refractivity contribution is 0.130. The molecule has 32 heavy (non-hydrogen) atoms. The summed E-state index contributed by atoms with van der Waals surface area (Å²) in [7, 11) is 3.10. The molecule has 0 spiro atoms. The summed E-state index contributed by atoms with van der Waals surface area (Å²) in [6.07, 6.45) is 4.50. The van der Waals surface area contributed by atoms with E-state index in [1.54, 1.807) is 23.3 Å². The van der Waals surface area contributed by atoms with Gasteiger partial charge in [-0.05, 0) is 50.3 Å². The van der Waals surface area contributed by atoms with Crippen molar-refractivity contribution in [2.45, 2.75) is 57.0 Å². The minimum absolute atomic E-state index is 0.0509. The van der Waals surface area contributed by atoms with Crippen LogP contribution in [-0.2, 0) is 10.2 Å². The highest BCUT2D eigenvalue weighted by atomic mass is 32.1. The zero-order chi connectivity index (χ0) is 22.7. The number of ether oxygens (including phenoxy) is 3. The Hall–Kier alpha value is -2.48. The number of aromatic nitrogens is 1. The maximum Gasteiger partial charge on any atom is 0.409 e. The number of nitrogens with zero attached hydrogens (tertiary/aromatic N) is 2. The summed E-state index contributed by atoms with van der Waals surface area (Å²) in [5.41, 5.74) is 1.76. The summed E-state index contributed by atoms with van der Waals surface area (Å²) in [6, 6.07) is 6.16. The Bertz CT molecular complexity index is 943. The second-order valence-electron chi connectivity index (χ2n) is 8.82. The van der Waals surface area contributed by atoms with E-state index in [0.29, 0.717) is 13.1 Å². The van der Waals surface area contributed by atoms with Gasteiger partial charge in [-0.1, -0.05) is 13.0 Å². The van der Waals surface area contributed by atoms with Gasteiger partial charge in [-0.2, -0.15) is 0 Å². The molecule has 4 rings (SSSR count). The van der Waals surface area contributed by atoms with Crippen molar-refractivity contribution in [1.82, 2.24) is 9.88 Å². The Kier molecular flexibility index (Phi) is 6.79. The number of thiazole rings is 1. The third-order valence-corrected chi connectivity index (χ3v) is 7.53. The molecule has 1 saturated carbocycles. The van der Waals surface area contributed by atoms with E-state index in [4.69, 9.17) is 19.2 Å². The molecule has 1 aromatic carbocycles. The highest BCUT2D eigenvalue weighted by molar-refractivity contribution is 7.13. The molecule has 1 N–H and O–H groups in total. The maximum atomic E-state index is 12.4. The summed E-state index contributed by atoms with van der Waals surface area (Å²) >= 11 is 1.60. The van der Waals surface area contributed by atoms with Crippen LogP contribution in [0.3, 0.4) is 0 Å². The van der Waals surface area contributed by atoms with Crippen molar-refractivity contribution in [2.24, 2.45) is 0 Å². The van der Waals surface area contributed by atoms with E-state index >= 15 is 0 Å². The number of nitrogens with one attached hydrogen (secondary N) is 1. The topological polar surface area (TPSA) is 72.9 Å². The van der Waals surface area contributed by atoms with Crippen LogP contribution in [0.5, 0.6) is 11.5 Å². The summed E-state index contributed by atoms with van der Waals surface area (Å²) in [5.74, 6) is 1.57. The molecule has 2 fully saturated rings. The standard InChI is InChI=1S/C24H33N3O4S/c1-5-25-22-26-21(14-32-22)24(2)15-27(23(28)30-4)13-18(24)16-10-11-19(29-3)20(12-16)31-17-8-6-7-9-17/h10-12,14,17-18H,5-9,13,15H2,1-4H3,(H,25,26)/t18-,24+/m0/s1. The summed E-state index contributed by atoms with van der Waals surface area (Å²) < 4.78 is 17.0. The number of amides is 1. The van der Waals surface area contributed by atoms with Crippen molar-refractivity contribution in [3.8, 4) is 11.5 Å². The van der Waals surface area contributed by atoms with E-state index in [-0.39, 0.29) is 23.5 Å². The first-order chi connectivity index (χ1) is 15.5. The SMILES string of the molecule is CCNc1nc([C@]2(C)CN(C(=O)OC)C[C@H]2c2ccc(OC)c(OC3CCCC3)c2)cs1. The summed E-state index contributed by atoms with van der Waals surface area (Å²) in [6.45, 7) is 6.18. The minimum atomic E-state index is -0.350. The number of benzene rings is 1. The van der Waals surface area contributed by atoms with Gasteiger partial charge in [0.05, 0.1) is 26.0 Å². The first kappa shape index (κ1) is 22.7. The van der Waals surface area contributed by atoms with Gasteiger partial charge >= 0.3 is 6.09 Å². The van der Waals surface area contributed by atoms with Crippen LogP contribution in [0.1, 0.15) is 56.7 Å². The van der Waals surface area contributed by atoms with Crippen LogP contribution in [0.2, 0.25) is 0 Å². The fourth-order valence-corrected chi connectivity index (χ4v) is 5.87. The van der Waals surface area contributed by atoms with Gasteiger partial charge in [-0.15, -0.1) is 11.3 Å². The molecule has 174 valence electrons.